The highest BCUT2D eigenvalue weighted by Gasteiger charge is 2.14. The monoisotopic (exact) mass is 288 g/mol. The van der Waals surface area contributed by atoms with E-state index in [1.54, 1.807) is 4.68 Å². The largest absolute Gasteiger partial charge is 0.383 e. The molecule has 0 aliphatic carbocycles. The van der Waals surface area contributed by atoms with Crippen molar-refractivity contribution in [3.63, 3.8) is 0 Å². The van der Waals surface area contributed by atoms with Gasteiger partial charge in [-0.15, -0.1) is 0 Å². The minimum absolute atomic E-state index is 0.438. The van der Waals surface area contributed by atoms with E-state index in [0.29, 0.717) is 22.9 Å². The molecule has 5 heteroatoms. The number of nitrogen functional groups attached to an aromatic ring is 1. The molecule has 0 aliphatic heterocycles. The van der Waals surface area contributed by atoms with Gasteiger partial charge in [-0.3, -0.25) is 0 Å². The first-order valence-electron chi connectivity index (χ1n) is 6.65. The number of aryl methyl sites for hydroxylation is 1. The van der Waals surface area contributed by atoms with Gasteiger partial charge in [-0.25, -0.2) is 4.68 Å². The Hall–Kier alpha value is -1.99. The molecule has 20 heavy (non-hydrogen) atoms. The molecule has 0 bridgehead atoms. The van der Waals surface area contributed by atoms with Crippen LogP contribution in [0.1, 0.15) is 36.6 Å². The van der Waals surface area contributed by atoms with Gasteiger partial charge in [-0.2, -0.15) is 10.4 Å². The van der Waals surface area contributed by atoms with E-state index in [1.807, 2.05) is 24.3 Å². The van der Waals surface area contributed by atoms with Crippen LogP contribution < -0.4 is 5.73 Å². The highest BCUT2D eigenvalue weighted by atomic mass is 35.5. The second kappa shape index (κ2) is 6.44. The Labute approximate surface area is 123 Å². The second-order valence-corrected chi connectivity index (χ2v) is 5.14. The third-order valence-electron chi connectivity index (χ3n) is 3.19. The SMILES string of the molecule is CCCCc1nn(Cc2ccc(Cl)cc2)c(N)c1C#N. The van der Waals surface area contributed by atoms with Crippen molar-refractivity contribution in [2.24, 2.45) is 0 Å². The van der Waals surface area contributed by atoms with Crippen LogP contribution in [0.15, 0.2) is 24.3 Å². The Balaban J connectivity index is 2.26. The number of halogens is 1. The summed E-state index contributed by atoms with van der Waals surface area (Å²) >= 11 is 5.86. The van der Waals surface area contributed by atoms with Crippen molar-refractivity contribution in [1.29, 1.82) is 5.26 Å². The van der Waals surface area contributed by atoms with Crippen molar-refractivity contribution in [2.75, 3.05) is 5.73 Å². The van der Waals surface area contributed by atoms with Crippen LogP contribution in [0.5, 0.6) is 0 Å². The van der Waals surface area contributed by atoms with Crippen LogP contribution in [-0.2, 0) is 13.0 Å². The molecule has 1 aromatic carbocycles. The normalized spacial score (nSPS) is 10.4. The van der Waals surface area contributed by atoms with Crippen molar-refractivity contribution >= 4 is 17.4 Å². The number of hydrogen-bond acceptors (Lipinski definition) is 3. The Morgan fingerprint density at radius 3 is 2.65 bits per heavy atom. The van der Waals surface area contributed by atoms with Gasteiger partial charge in [0.15, 0.2) is 0 Å². The van der Waals surface area contributed by atoms with Gasteiger partial charge in [0.1, 0.15) is 17.5 Å². The van der Waals surface area contributed by atoms with Gasteiger partial charge in [-0.1, -0.05) is 37.1 Å². The Morgan fingerprint density at radius 2 is 2.05 bits per heavy atom. The summed E-state index contributed by atoms with van der Waals surface area (Å²) in [5, 5.41) is 14.4. The zero-order valence-electron chi connectivity index (χ0n) is 11.4. The van der Waals surface area contributed by atoms with E-state index in [2.05, 4.69) is 18.1 Å². The number of benzene rings is 1. The first-order chi connectivity index (χ1) is 9.65. The van der Waals surface area contributed by atoms with Gasteiger partial charge < -0.3 is 5.73 Å². The van der Waals surface area contributed by atoms with Gasteiger partial charge in [0.2, 0.25) is 0 Å². The van der Waals surface area contributed by atoms with E-state index >= 15 is 0 Å². The fourth-order valence-corrected chi connectivity index (χ4v) is 2.18. The van der Waals surface area contributed by atoms with E-state index < -0.39 is 0 Å². The van der Waals surface area contributed by atoms with Crippen LogP contribution in [-0.4, -0.2) is 9.78 Å². The zero-order valence-corrected chi connectivity index (χ0v) is 12.2. The molecule has 0 saturated carbocycles. The molecule has 0 aliphatic rings. The topological polar surface area (TPSA) is 67.6 Å². The summed E-state index contributed by atoms with van der Waals surface area (Å²) < 4.78 is 1.69. The molecule has 104 valence electrons. The number of anilines is 1. The van der Waals surface area contributed by atoms with E-state index in [1.165, 1.54) is 0 Å². The fourth-order valence-electron chi connectivity index (χ4n) is 2.05. The third-order valence-corrected chi connectivity index (χ3v) is 3.44. The lowest BCUT2D eigenvalue weighted by atomic mass is 10.1. The van der Waals surface area contributed by atoms with Crippen LogP contribution in [0.2, 0.25) is 5.02 Å². The summed E-state index contributed by atoms with van der Waals surface area (Å²) in [4.78, 5) is 0. The highest BCUT2D eigenvalue weighted by molar-refractivity contribution is 6.30. The molecule has 1 aromatic heterocycles. The third kappa shape index (κ3) is 3.12. The first-order valence-corrected chi connectivity index (χ1v) is 7.03. The quantitative estimate of drug-likeness (QED) is 0.917. The van der Waals surface area contributed by atoms with Gasteiger partial charge in [0, 0.05) is 5.02 Å². The minimum Gasteiger partial charge on any atom is -0.383 e. The van der Waals surface area contributed by atoms with Gasteiger partial charge in [-0.05, 0) is 30.5 Å². The fraction of sp³-hybridized carbons (Fsp3) is 0.333. The number of hydrogen-bond donors (Lipinski definition) is 1. The Bertz CT molecular complexity index is 623. The second-order valence-electron chi connectivity index (χ2n) is 4.71. The number of aromatic nitrogens is 2. The predicted octanol–water partition coefficient (Wildman–Crippen LogP) is 3.38. The summed E-state index contributed by atoms with van der Waals surface area (Å²) in [7, 11) is 0. The van der Waals surface area contributed by atoms with E-state index in [9.17, 15) is 5.26 Å². The lowest BCUT2D eigenvalue weighted by Crippen LogP contribution is -2.06. The number of nitriles is 1. The van der Waals surface area contributed by atoms with E-state index in [4.69, 9.17) is 17.3 Å². The zero-order chi connectivity index (χ0) is 14.5. The molecule has 1 heterocycles. The average Bonchev–Trinajstić information content (AvgIpc) is 2.75. The maximum Gasteiger partial charge on any atom is 0.140 e. The van der Waals surface area contributed by atoms with Crippen molar-refractivity contribution in [2.45, 2.75) is 32.7 Å². The first kappa shape index (κ1) is 14.4. The van der Waals surface area contributed by atoms with E-state index in [-0.39, 0.29) is 0 Å². The van der Waals surface area contributed by atoms with Crippen molar-refractivity contribution in [3.8, 4) is 6.07 Å². The summed E-state index contributed by atoms with van der Waals surface area (Å²) in [6.07, 6.45) is 2.86. The maximum absolute atomic E-state index is 9.21. The molecule has 2 N–H and O–H groups in total. The van der Waals surface area contributed by atoms with E-state index in [0.717, 1.165) is 30.5 Å². The molecule has 0 fully saturated rings. The molecule has 0 saturated heterocycles. The molecule has 4 nitrogen and oxygen atoms in total. The highest BCUT2D eigenvalue weighted by Crippen LogP contribution is 2.19. The van der Waals surface area contributed by atoms with Crippen molar-refractivity contribution < 1.29 is 0 Å². The molecule has 0 radical (unpaired) electrons. The minimum atomic E-state index is 0.438. The standard InChI is InChI=1S/C15H17ClN4/c1-2-3-4-14-13(9-17)15(18)20(19-14)10-11-5-7-12(16)8-6-11/h5-8H,2-4,10,18H2,1H3. The summed E-state index contributed by atoms with van der Waals surface area (Å²) in [6.45, 7) is 2.66. The molecule has 0 spiro atoms. The van der Waals surface area contributed by atoms with Crippen LogP contribution in [0.3, 0.4) is 0 Å². The average molecular weight is 289 g/mol. The maximum atomic E-state index is 9.21. The molecule has 2 aromatic rings. The molecule has 0 unspecified atom stereocenters. The number of nitrogens with zero attached hydrogens (tertiary/aromatic N) is 3. The number of rotatable bonds is 5. The predicted molar refractivity (Wildman–Crippen MR) is 80.5 cm³/mol. The van der Waals surface area contributed by atoms with Gasteiger partial charge in [0.25, 0.3) is 0 Å². The van der Waals surface area contributed by atoms with Crippen molar-refractivity contribution in [3.05, 3.63) is 46.1 Å². The lowest BCUT2D eigenvalue weighted by Gasteiger charge is -2.04. The van der Waals surface area contributed by atoms with Crippen LogP contribution in [0.25, 0.3) is 0 Å². The molecule has 0 amide bonds. The summed E-state index contributed by atoms with van der Waals surface area (Å²) in [6, 6.07) is 9.69. The molecule has 0 atom stereocenters. The number of nitrogens with two attached hydrogens (primary N) is 1. The summed E-state index contributed by atoms with van der Waals surface area (Å²) in [5.41, 5.74) is 8.37. The van der Waals surface area contributed by atoms with Gasteiger partial charge in [0.05, 0.1) is 12.2 Å². The number of unbranched alkanes of at least 4 members (excludes halogenated alkanes) is 1. The van der Waals surface area contributed by atoms with Crippen LogP contribution in [0, 0.1) is 11.3 Å². The molecular formula is C15H17ClN4. The lowest BCUT2D eigenvalue weighted by molar-refractivity contribution is 0.668. The van der Waals surface area contributed by atoms with Crippen LogP contribution in [0.4, 0.5) is 5.82 Å². The Kier molecular flexibility index (Phi) is 4.65. The Morgan fingerprint density at radius 1 is 1.35 bits per heavy atom. The van der Waals surface area contributed by atoms with Crippen LogP contribution >= 0.6 is 11.6 Å². The smallest absolute Gasteiger partial charge is 0.140 e. The molecular weight excluding hydrogens is 272 g/mol. The van der Waals surface area contributed by atoms with Gasteiger partial charge >= 0.3 is 0 Å². The molecule has 2 rings (SSSR count). The summed E-state index contributed by atoms with van der Waals surface area (Å²) in [5.74, 6) is 0.438. The van der Waals surface area contributed by atoms with Crippen molar-refractivity contribution in [1.82, 2.24) is 9.78 Å².